The van der Waals surface area contributed by atoms with E-state index in [0.29, 0.717) is 12.1 Å². The zero-order valence-electron chi connectivity index (χ0n) is 12.3. The van der Waals surface area contributed by atoms with Crippen molar-refractivity contribution in [1.82, 2.24) is 10.4 Å². The van der Waals surface area contributed by atoms with E-state index in [0.717, 1.165) is 31.4 Å². The molecule has 2 aliphatic heterocycles. The van der Waals surface area contributed by atoms with Crippen molar-refractivity contribution in [2.75, 3.05) is 11.9 Å². The van der Waals surface area contributed by atoms with Crippen molar-refractivity contribution in [3.8, 4) is 0 Å². The number of hydrogen-bond acceptors (Lipinski definition) is 3. The van der Waals surface area contributed by atoms with E-state index < -0.39 is 0 Å². The number of amides is 1. The van der Waals surface area contributed by atoms with Gasteiger partial charge in [0.15, 0.2) is 0 Å². The highest BCUT2D eigenvalue weighted by atomic mass is 16.2. The van der Waals surface area contributed by atoms with E-state index in [9.17, 15) is 4.79 Å². The van der Waals surface area contributed by atoms with Crippen LogP contribution in [0.1, 0.15) is 49.0 Å². The average Bonchev–Trinajstić information content (AvgIpc) is 2.90. The predicted molar refractivity (Wildman–Crippen MR) is 80.7 cm³/mol. The number of fused-ring (bicyclic) bond motifs is 1. The summed E-state index contributed by atoms with van der Waals surface area (Å²) in [6, 6.07) is 6.77. The second-order valence-electron chi connectivity index (χ2n) is 6.03. The Bertz CT molecular complexity index is 504. The second kappa shape index (κ2) is 5.44. The van der Waals surface area contributed by atoms with Gasteiger partial charge in [0, 0.05) is 29.9 Å². The van der Waals surface area contributed by atoms with Gasteiger partial charge in [0.1, 0.15) is 0 Å². The molecule has 0 radical (unpaired) electrons. The molecular formula is C16H23N3O. The third-order valence-electron chi connectivity index (χ3n) is 4.50. The van der Waals surface area contributed by atoms with E-state index in [-0.39, 0.29) is 5.91 Å². The smallest absolute Gasteiger partial charge is 0.265 e. The first kappa shape index (κ1) is 13.4. The maximum Gasteiger partial charge on any atom is 0.265 e. The van der Waals surface area contributed by atoms with Crippen molar-refractivity contribution in [2.24, 2.45) is 0 Å². The second-order valence-corrected chi connectivity index (χ2v) is 6.03. The van der Waals surface area contributed by atoms with Crippen LogP contribution in [0.3, 0.4) is 0 Å². The standard InChI is InChI=1S/C16H23N3O/c1-11-4-3-5-12(2)19(11)18-16(20)14-6-7-15-13(10-14)8-9-17-15/h6-7,10-12,17H,3-5,8-9H2,1-2H3,(H,18,20). The van der Waals surface area contributed by atoms with Crippen LogP contribution in [0.15, 0.2) is 18.2 Å². The van der Waals surface area contributed by atoms with E-state index in [4.69, 9.17) is 0 Å². The fourth-order valence-electron chi connectivity index (χ4n) is 3.27. The molecule has 0 spiro atoms. The fraction of sp³-hybridized carbons (Fsp3) is 0.562. The van der Waals surface area contributed by atoms with Crippen molar-refractivity contribution in [3.63, 3.8) is 0 Å². The lowest BCUT2D eigenvalue weighted by Crippen LogP contribution is -2.54. The van der Waals surface area contributed by atoms with Gasteiger partial charge >= 0.3 is 0 Å². The van der Waals surface area contributed by atoms with E-state index in [2.05, 4.69) is 29.6 Å². The maximum absolute atomic E-state index is 12.4. The highest BCUT2D eigenvalue weighted by Gasteiger charge is 2.26. The summed E-state index contributed by atoms with van der Waals surface area (Å²) in [6.45, 7) is 5.34. The van der Waals surface area contributed by atoms with Gasteiger partial charge in [-0.05, 0) is 56.9 Å². The summed E-state index contributed by atoms with van der Waals surface area (Å²) >= 11 is 0. The lowest BCUT2D eigenvalue weighted by Gasteiger charge is -2.38. The molecule has 3 rings (SSSR count). The van der Waals surface area contributed by atoms with Gasteiger partial charge in [-0.15, -0.1) is 0 Å². The van der Waals surface area contributed by atoms with E-state index >= 15 is 0 Å². The van der Waals surface area contributed by atoms with Gasteiger partial charge in [0.2, 0.25) is 0 Å². The molecule has 1 amide bonds. The Morgan fingerprint density at radius 3 is 2.80 bits per heavy atom. The fourth-order valence-corrected chi connectivity index (χ4v) is 3.27. The van der Waals surface area contributed by atoms with Crippen LogP contribution in [0.25, 0.3) is 0 Å². The molecule has 0 aliphatic carbocycles. The molecule has 0 saturated carbocycles. The zero-order chi connectivity index (χ0) is 14.1. The normalized spacial score (nSPS) is 25.9. The number of nitrogens with zero attached hydrogens (tertiary/aromatic N) is 1. The largest absolute Gasteiger partial charge is 0.384 e. The Morgan fingerprint density at radius 2 is 2.05 bits per heavy atom. The van der Waals surface area contributed by atoms with Crippen LogP contribution in [-0.4, -0.2) is 29.5 Å². The quantitative estimate of drug-likeness (QED) is 0.870. The first-order valence-electron chi connectivity index (χ1n) is 7.61. The highest BCUT2D eigenvalue weighted by molar-refractivity contribution is 5.94. The van der Waals surface area contributed by atoms with Crippen molar-refractivity contribution < 1.29 is 4.79 Å². The molecule has 1 aromatic rings. The number of carbonyl (C=O) groups is 1. The number of piperidine rings is 1. The van der Waals surface area contributed by atoms with Crippen molar-refractivity contribution in [2.45, 2.75) is 51.6 Å². The van der Waals surface area contributed by atoms with Gasteiger partial charge in [-0.25, -0.2) is 5.01 Å². The Balaban J connectivity index is 1.72. The Labute approximate surface area is 120 Å². The van der Waals surface area contributed by atoms with Crippen LogP contribution in [0.5, 0.6) is 0 Å². The van der Waals surface area contributed by atoms with Gasteiger partial charge < -0.3 is 5.32 Å². The Morgan fingerprint density at radius 1 is 1.30 bits per heavy atom. The minimum absolute atomic E-state index is 0.0142. The summed E-state index contributed by atoms with van der Waals surface area (Å²) < 4.78 is 0. The number of nitrogens with one attached hydrogen (secondary N) is 2. The van der Waals surface area contributed by atoms with E-state index in [1.165, 1.54) is 17.7 Å². The van der Waals surface area contributed by atoms with Crippen molar-refractivity contribution in [1.29, 1.82) is 0 Å². The number of hydrazine groups is 1. The van der Waals surface area contributed by atoms with Gasteiger partial charge in [-0.1, -0.05) is 6.42 Å². The summed E-state index contributed by atoms with van der Waals surface area (Å²) in [5, 5.41) is 5.44. The Kier molecular flexibility index (Phi) is 3.66. The molecule has 4 nitrogen and oxygen atoms in total. The van der Waals surface area contributed by atoms with Crippen LogP contribution in [-0.2, 0) is 6.42 Å². The van der Waals surface area contributed by atoms with Crippen LogP contribution in [0.4, 0.5) is 5.69 Å². The monoisotopic (exact) mass is 273 g/mol. The molecule has 2 unspecified atom stereocenters. The van der Waals surface area contributed by atoms with E-state index in [1.807, 2.05) is 18.2 Å². The van der Waals surface area contributed by atoms with Gasteiger partial charge in [-0.2, -0.15) is 0 Å². The average molecular weight is 273 g/mol. The van der Waals surface area contributed by atoms with Gasteiger partial charge in [0.05, 0.1) is 0 Å². The highest BCUT2D eigenvalue weighted by Crippen LogP contribution is 2.24. The Hall–Kier alpha value is -1.55. The predicted octanol–water partition coefficient (Wildman–Crippen LogP) is 2.56. The zero-order valence-corrected chi connectivity index (χ0v) is 12.3. The third kappa shape index (κ3) is 2.52. The molecule has 1 saturated heterocycles. The summed E-state index contributed by atoms with van der Waals surface area (Å²) in [4.78, 5) is 12.4. The molecule has 108 valence electrons. The van der Waals surface area contributed by atoms with Crippen molar-refractivity contribution >= 4 is 11.6 Å². The first-order chi connectivity index (χ1) is 9.65. The number of hydrogen-bond donors (Lipinski definition) is 2. The molecule has 0 aromatic heterocycles. The van der Waals surface area contributed by atoms with Crippen LogP contribution in [0, 0.1) is 0 Å². The molecule has 2 N–H and O–H groups in total. The molecule has 0 bridgehead atoms. The summed E-state index contributed by atoms with van der Waals surface area (Å²) in [5.74, 6) is 0.0142. The van der Waals surface area contributed by atoms with Crippen LogP contribution in [0.2, 0.25) is 0 Å². The molecular weight excluding hydrogens is 250 g/mol. The number of anilines is 1. The summed E-state index contributed by atoms with van der Waals surface area (Å²) in [7, 11) is 0. The molecule has 1 aromatic carbocycles. The lowest BCUT2D eigenvalue weighted by atomic mass is 10.00. The topological polar surface area (TPSA) is 44.4 Å². The number of benzene rings is 1. The molecule has 1 fully saturated rings. The SMILES string of the molecule is CC1CCCC(C)N1NC(=O)c1ccc2c(c1)CCN2. The molecule has 20 heavy (non-hydrogen) atoms. The van der Waals surface area contributed by atoms with Gasteiger partial charge in [0.25, 0.3) is 5.91 Å². The van der Waals surface area contributed by atoms with Gasteiger partial charge in [-0.3, -0.25) is 10.2 Å². The summed E-state index contributed by atoms with van der Waals surface area (Å²) in [5.41, 5.74) is 6.28. The minimum Gasteiger partial charge on any atom is -0.384 e. The molecule has 4 heteroatoms. The maximum atomic E-state index is 12.4. The minimum atomic E-state index is 0.0142. The molecule has 2 heterocycles. The summed E-state index contributed by atoms with van der Waals surface area (Å²) in [6.07, 6.45) is 4.56. The first-order valence-corrected chi connectivity index (χ1v) is 7.61. The molecule has 2 atom stereocenters. The van der Waals surface area contributed by atoms with E-state index in [1.54, 1.807) is 0 Å². The third-order valence-corrected chi connectivity index (χ3v) is 4.50. The number of rotatable bonds is 2. The lowest BCUT2D eigenvalue weighted by molar-refractivity contribution is 0.0370. The molecule has 2 aliphatic rings. The number of carbonyl (C=O) groups excluding carboxylic acids is 1. The van der Waals surface area contributed by atoms with Crippen LogP contribution >= 0.6 is 0 Å². The van der Waals surface area contributed by atoms with Crippen LogP contribution < -0.4 is 10.7 Å². The van der Waals surface area contributed by atoms with Crippen molar-refractivity contribution in [3.05, 3.63) is 29.3 Å².